The van der Waals surface area contributed by atoms with E-state index in [1.807, 2.05) is 5.38 Å². The van der Waals surface area contributed by atoms with E-state index in [1.165, 1.54) is 17.8 Å². The molecule has 4 bridgehead atoms. The van der Waals surface area contributed by atoms with Gasteiger partial charge in [0.25, 0.3) is 0 Å². The Kier molecular flexibility index (Phi) is 2.37. The lowest BCUT2D eigenvalue weighted by molar-refractivity contribution is -0.174. The highest BCUT2D eigenvalue weighted by atomic mass is 32.1. The van der Waals surface area contributed by atoms with Gasteiger partial charge in [-0.15, -0.1) is 11.3 Å². The quantitative estimate of drug-likeness (QED) is 0.873. The standard InChI is InChI=1S/C14H18N2O2S/c17-11(16-12-15-1-2-19-12)13-4-9-3-10(5-13)7-14(18,6-9)8-13/h1-2,9-10,18H,3-8H2,(H,15,16,17)/t9-,10+,13?,14?. The van der Waals surface area contributed by atoms with Crippen LogP contribution in [-0.4, -0.2) is 21.6 Å². The third-order valence-electron chi connectivity index (χ3n) is 5.16. The Morgan fingerprint density at radius 2 is 2.11 bits per heavy atom. The minimum absolute atomic E-state index is 0.0787. The monoisotopic (exact) mass is 278 g/mol. The van der Waals surface area contributed by atoms with Crippen molar-refractivity contribution in [3.05, 3.63) is 11.6 Å². The van der Waals surface area contributed by atoms with E-state index in [2.05, 4.69) is 10.3 Å². The highest BCUT2D eigenvalue weighted by molar-refractivity contribution is 7.13. The van der Waals surface area contributed by atoms with Crippen LogP contribution in [0.4, 0.5) is 5.13 Å². The molecule has 0 spiro atoms. The fourth-order valence-corrected chi connectivity index (χ4v) is 5.52. The summed E-state index contributed by atoms with van der Waals surface area (Å²) < 4.78 is 0. The summed E-state index contributed by atoms with van der Waals surface area (Å²) in [4.78, 5) is 16.8. The lowest BCUT2D eigenvalue weighted by Crippen LogP contribution is -2.59. The summed E-state index contributed by atoms with van der Waals surface area (Å²) >= 11 is 1.45. The molecule has 1 heterocycles. The molecule has 0 saturated heterocycles. The molecule has 0 aliphatic heterocycles. The molecule has 4 atom stereocenters. The summed E-state index contributed by atoms with van der Waals surface area (Å²) in [7, 11) is 0. The van der Waals surface area contributed by atoms with Crippen LogP contribution in [-0.2, 0) is 4.79 Å². The zero-order chi connectivity index (χ0) is 13.1. The number of aromatic nitrogens is 1. The van der Waals surface area contributed by atoms with E-state index in [0.29, 0.717) is 23.4 Å². The van der Waals surface area contributed by atoms with Gasteiger partial charge in [0.05, 0.1) is 11.0 Å². The van der Waals surface area contributed by atoms with Crippen molar-refractivity contribution in [3.8, 4) is 0 Å². The highest BCUT2D eigenvalue weighted by Gasteiger charge is 2.60. The normalized spacial score (nSPS) is 43.4. The van der Waals surface area contributed by atoms with Crippen LogP contribution in [0.2, 0.25) is 0 Å². The Morgan fingerprint density at radius 1 is 1.37 bits per heavy atom. The van der Waals surface area contributed by atoms with Crippen LogP contribution in [0, 0.1) is 17.3 Å². The van der Waals surface area contributed by atoms with E-state index in [-0.39, 0.29) is 11.3 Å². The van der Waals surface area contributed by atoms with Crippen LogP contribution < -0.4 is 5.32 Å². The fourth-order valence-electron chi connectivity index (χ4n) is 4.99. The minimum Gasteiger partial charge on any atom is -0.390 e. The van der Waals surface area contributed by atoms with Gasteiger partial charge in [-0.05, 0) is 50.4 Å². The molecule has 2 unspecified atom stereocenters. The number of hydrogen-bond donors (Lipinski definition) is 2. The zero-order valence-electron chi connectivity index (χ0n) is 10.8. The van der Waals surface area contributed by atoms with Crippen molar-refractivity contribution < 1.29 is 9.90 Å². The molecule has 5 rings (SSSR count). The van der Waals surface area contributed by atoms with Crippen LogP contribution in [0.25, 0.3) is 0 Å². The molecule has 4 saturated carbocycles. The molecule has 4 nitrogen and oxygen atoms in total. The maximum absolute atomic E-state index is 12.7. The van der Waals surface area contributed by atoms with Crippen molar-refractivity contribution in [2.75, 3.05) is 5.32 Å². The second-order valence-electron chi connectivity index (χ2n) is 6.76. The topological polar surface area (TPSA) is 62.2 Å². The molecular weight excluding hydrogens is 260 g/mol. The van der Waals surface area contributed by atoms with Crippen molar-refractivity contribution in [3.63, 3.8) is 0 Å². The number of amides is 1. The molecule has 102 valence electrons. The van der Waals surface area contributed by atoms with Crippen molar-refractivity contribution in [1.82, 2.24) is 4.98 Å². The van der Waals surface area contributed by atoms with Gasteiger partial charge in [0.2, 0.25) is 5.91 Å². The van der Waals surface area contributed by atoms with Crippen LogP contribution >= 0.6 is 11.3 Å². The first-order chi connectivity index (χ1) is 9.07. The van der Waals surface area contributed by atoms with E-state index in [4.69, 9.17) is 0 Å². The lowest BCUT2D eigenvalue weighted by Gasteiger charge is -2.59. The number of carbonyl (C=O) groups is 1. The Hall–Kier alpha value is -0.940. The molecule has 19 heavy (non-hydrogen) atoms. The molecule has 0 aromatic carbocycles. The van der Waals surface area contributed by atoms with Crippen molar-refractivity contribution >= 4 is 22.4 Å². The molecule has 2 N–H and O–H groups in total. The van der Waals surface area contributed by atoms with Crippen LogP contribution in [0.5, 0.6) is 0 Å². The SMILES string of the molecule is O=C(Nc1nccs1)C12C[C@@H]3C[C@@H](CC(O)(C3)C1)C2. The van der Waals surface area contributed by atoms with E-state index in [1.54, 1.807) is 6.20 Å². The number of hydrogen-bond acceptors (Lipinski definition) is 4. The summed E-state index contributed by atoms with van der Waals surface area (Å²) in [6.45, 7) is 0. The Bertz CT molecular complexity index is 500. The molecule has 4 aliphatic carbocycles. The van der Waals surface area contributed by atoms with Crippen LogP contribution in [0.3, 0.4) is 0 Å². The third-order valence-corrected chi connectivity index (χ3v) is 5.85. The lowest BCUT2D eigenvalue weighted by atomic mass is 9.47. The van der Waals surface area contributed by atoms with Gasteiger partial charge in [-0.3, -0.25) is 4.79 Å². The average Bonchev–Trinajstić information content (AvgIpc) is 2.78. The number of anilines is 1. The van der Waals surface area contributed by atoms with Gasteiger partial charge in [0.1, 0.15) is 0 Å². The zero-order valence-corrected chi connectivity index (χ0v) is 11.6. The summed E-state index contributed by atoms with van der Waals surface area (Å²) in [6.07, 6.45) is 7.24. The highest BCUT2D eigenvalue weighted by Crippen LogP contribution is 2.61. The molecular formula is C14H18N2O2S. The Morgan fingerprint density at radius 3 is 2.68 bits per heavy atom. The summed E-state index contributed by atoms with van der Waals surface area (Å²) in [6, 6.07) is 0. The first-order valence-corrected chi connectivity index (χ1v) is 7.88. The number of carbonyl (C=O) groups excluding carboxylic acids is 1. The number of rotatable bonds is 2. The number of aliphatic hydroxyl groups is 1. The maximum atomic E-state index is 12.7. The van der Waals surface area contributed by atoms with E-state index in [9.17, 15) is 9.90 Å². The molecule has 1 aromatic heterocycles. The van der Waals surface area contributed by atoms with E-state index < -0.39 is 5.60 Å². The molecule has 4 aliphatic rings. The number of nitrogens with zero attached hydrogens (tertiary/aromatic N) is 1. The van der Waals surface area contributed by atoms with Crippen molar-refractivity contribution in [2.24, 2.45) is 17.3 Å². The van der Waals surface area contributed by atoms with Crippen LogP contribution in [0.1, 0.15) is 38.5 Å². The van der Waals surface area contributed by atoms with E-state index in [0.717, 1.165) is 25.7 Å². The van der Waals surface area contributed by atoms with Gasteiger partial charge < -0.3 is 10.4 Å². The first-order valence-electron chi connectivity index (χ1n) is 7.00. The summed E-state index contributed by atoms with van der Waals surface area (Å²) in [5, 5.41) is 16.1. The fraction of sp³-hybridized carbons (Fsp3) is 0.714. The third kappa shape index (κ3) is 1.82. The second-order valence-corrected chi connectivity index (χ2v) is 7.65. The van der Waals surface area contributed by atoms with Crippen LogP contribution in [0.15, 0.2) is 11.6 Å². The Balaban J connectivity index is 1.61. The van der Waals surface area contributed by atoms with Gasteiger partial charge in [0, 0.05) is 11.6 Å². The largest absolute Gasteiger partial charge is 0.390 e. The average molecular weight is 278 g/mol. The maximum Gasteiger partial charge on any atom is 0.232 e. The first kappa shape index (κ1) is 11.9. The summed E-state index contributed by atoms with van der Waals surface area (Å²) in [5.41, 5.74) is -0.922. The van der Waals surface area contributed by atoms with Gasteiger partial charge >= 0.3 is 0 Å². The molecule has 1 amide bonds. The molecule has 0 radical (unpaired) electrons. The van der Waals surface area contributed by atoms with Crippen molar-refractivity contribution in [2.45, 2.75) is 44.1 Å². The second kappa shape index (κ2) is 3.79. The number of nitrogens with one attached hydrogen (secondary N) is 1. The summed E-state index contributed by atoms with van der Waals surface area (Å²) in [5.74, 6) is 1.15. The Labute approximate surface area is 116 Å². The predicted molar refractivity (Wildman–Crippen MR) is 72.8 cm³/mol. The smallest absolute Gasteiger partial charge is 0.232 e. The molecule has 1 aromatic rings. The molecule has 4 fully saturated rings. The van der Waals surface area contributed by atoms with E-state index >= 15 is 0 Å². The van der Waals surface area contributed by atoms with Gasteiger partial charge in [-0.1, -0.05) is 0 Å². The molecule has 5 heteroatoms. The minimum atomic E-state index is -0.579. The van der Waals surface area contributed by atoms with Crippen molar-refractivity contribution in [1.29, 1.82) is 0 Å². The predicted octanol–water partition coefficient (Wildman–Crippen LogP) is 2.41. The van der Waals surface area contributed by atoms with Gasteiger partial charge in [0.15, 0.2) is 5.13 Å². The van der Waals surface area contributed by atoms with Gasteiger partial charge in [-0.2, -0.15) is 0 Å². The number of thiazole rings is 1. The van der Waals surface area contributed by atoms with Gasteiger partial charge in [-0.25, -0.2) is 4.98 Å².